The molecule has 1 atom stereocenters. The number of carbonyl (C=O) groups is 2. The summed E-state index contributed by atoms with van der Waals surface area (Å²) in [6.07, 6.45) is 118. The normalized spacial score (nSPS) is 13.0. The molecule has 0 heterocycles. The van der Waals surface area contributed by atoms with Gasteiger partial charge in [-0.05, 0) is 116 Å². The molecular formula is C85H146O5. The summed E-state index contributed by atoms with van der Waals surface area (Å²) in [6, 6.07) is 0. The molecule has 1 N–H and O–H groups in total. The van der Waals surface area contributed by atoms with E-state index in [4.69, 9.17) is 9.47 Å². The molecule has 0 spiro atoms. The van der Waals surface area contributed by atoms with Crippen LogP contribution in [0.1, 0.15) is 373 Å². The molecular weight excluding hydrogens is 1100 g/mol. The van der Waals surface area contributed by atoms with Crippen LogP contribution in [0, 0.1) is 0 Å². The lowest BCUT2D eigenvalue weighted by Gasteiger charge is -2.15. The van der Waals surface area contributed by atoms with Crippen LogP contribution in [0.3, 0.4) is 0 Å². The molecule has 0 rings (SSSR count). The Morgan fingerprint density at radius 1 is 0.267 bits per heavy atom. The minimum atomic E-state index is -0.779. The average molecular weight is 1250 g/mol. The second kappa shape index (κ2) is 79.3. The third kappa shape index (κ3) is 76.5. The lowest BCUT2D eigenvalue weighted by molar-refractivity contribution is -0.161. The molecule has 5 nitrogen and oxygen atoms in total. The highest BCUT2D eigenvalue weighted by Gasteiger charge is 2.16. The van der Waals surface area contributed by atoms with E-state index in [1.807, 2.05) is 0 Å². The zero-order valence-electron chi connectivity index (χ0n) is 59.4. The van der Waals surface area contributed by atoms with Crippen molar-refractivity contribution in [3.63, 3.8) is 0 Å². The molecule has 5 heteroatoms. The smallest absolute Gasteiger partial charge is 0.306 e. The van der Waals surface area contributed by atoms with E-state index in [0.29, 0.717) is 12.8 Å². The zero-order valence-corrected chi connectivity index (χ0v) is 59.4. The van der Waals surface area contributed by atoms with Gasteiger partial charge in [0.1, 0.15) is 6.61 Å². The zero-order chi connectivity index (χ0) is 64.7. The summed E-state index contributed by atoms with van der Waals surface area (Å²) >= 11 is 0. The number of hydrogen-bond donors (Lipinski definition) is 1. The van der Waals surface area contributed by atoms with E-state index in [9.17, 15) is 14.7 Å². The van der Waals surface area contributed by atoms with Crippen molar-refractivity contribution in [2.45, 2.75) is 380 Å². The Morgan fingerprint density at radius 2 is 0.478 bits per heavy atom. The van der Waals surface area contributed by atoms with Gasteiger partial charge in [0, 0.05) is 12.8 Å². The first-order valence-electron chi connectivity index (χ1n) is 38.7. The summed E-state index contributed by atoms with van der Waals surface area (Å²) in [5.41, 5.74) is 0. The standard InChI is InChI=1S/C85H146O5/c1-3-5-7-9-11-13-15-17-19-21-23-25-27-29-31-33-35-37-39-41-42-44-46-48-50-52-54-56-58-60-62-64-66-68-70-72-74-76-78-80-85(88)90-83(81-86)82-89-84(87)79-77-75-73-71-69-67-65-63-61-59-57-55-53-51-49-47-45-43-40-38-36-34-32-30-28-26-24-22-20-18-16-14-12-10-8-6-4-2/h5,7,11,13,16-19,22-25,28-31,35,37,41-42,46,48,83,86H,3-4,6,8-10,12,14-15,20-21,26-27,32-34,36,38-40,43-45,47,49-82H2,1-2H3/b7-5-,13-11-,18-16-,19-17-,24-22-,25-23-,30-28-,31-29-,37-35-,42-41-,48-46-. The molecule has 1 unspecified atom stereocenters. The Bertz CT molecular complexity index is 1800. The Labute approximate surface area is 559 Å². The summed E-state index contributed by atoms with van der Waals surface area (Å²) in [5.74, 6) is -0.580. The first-order valence-corrected chi connectivity index (χ1v) is 38.7. The highest BCUT2D eigenvalue weighted by Crippen LogP contribution is 2.18. The SMILES string of the molecule is CC/C=C\C/C=C\C/C=C\C/C=C\C/C=C\C/C=C\C/C=C\C/C=C\CCCCCCCCCCCCCCCCC(=O)OC(CO)COC(=O)CCCCCCCCCCCCCCCCCCCCCCCC/C=C\C/C=C\C/C=C\CCCCCCC. The van der Waals surface area contributed by atoms with Gasteiger partial charge in [-0.25, -0.2) is 0 Å². The summed E-state index contributed by atoms with van der Waals surface area (Å²) < 4.78 is 10.8. The maximum Gasteiger partial charge on any atom is 0.306 e. The van der Waals surface area contributed by atoms with Gasteiger partial charge in [-0.15, -0.1) is 0 Å². The fourth-order valence-electron chi connectivity index (χ4n) is 11.2. The monoisotopic (exact) mass is 1250 g/mol. The van der Waals surface area contributed by atoms with Gasteiger partial charge < -0.3 is 14.6 Å². The van der Waals surface area contributed by atoms with Crippen LogP contribution >= 0.6 is 0 Å². The number of ether oxygens (including phenoxy) is 2. The van der Waals surface area contributed by atoms with Crippen LogP contribution in [0.5, 0.6) is 0 Å². The number of allylic oxidation sites excluding steroid dienone is 22. The van der Waals surface area contributed by atoms with E-state index in [1.165, 1.54) is 244 Å². The van der Waals surface area contributed by atoms with Gasteiger partial charge in [0.05, 0.1) is 6.61 Å². The van der Waals surface area contributed by atoms with Gasteiger partial charge in [-0.3, -0.25) is 9.59 Å². The predicted octanol–water partition coefficient (Wildman–Crippen LogP) is 27.4. The Kier molecular flexibility index (Phi) is 75.8. The van der Waals surface area contributed by atoms with Crippen molar-refractivity contribution in [2.75, 3.05) is 13.2 Å². The van der Waals surface area contributed by atoms with Crippen molar-refractivity contribution in [3.8, 4) is 0 Å². The molecule has 0 aliphatic heterocycles. The molecule has 0 aromatic rings. The van der Waals surface area contributed by atoms with Crippen LogP contribution in [-0.2, 0) is 19.1 Å². The highest BCUT2D eigenvalue weighted by molar-refractivity contribution is 5.70. The van der Waals surface area contributed by atoms with Crippen molar-refractivity contribution in [1.82, 2.24) is 0 Å². The molecule has 0 saturated heterocycles. The van der Waals surface area contributed by atoms with Crippen molar-refractivity contribution >= 4 is 11.9 Å². The predicted molar refractivity (Wildman–Crippen MR) is 398 cm³/mol. The van der Waals surface area contributed by atoms with E-state index in [2.05, 4.69) is 148 Å². The quantitative estimate of drug-likeness (QED) is 0.0373. The van der Waals surface area contributed by atoms with Crippen LogP contribution in [0.4, 0.5) is 0 Å². The fourth-order valence-corrected chi connectivity index (χ4v) is 11.2. The van der Waals surface area contributed by atoms with Crippen LogP contribution in [0.25, 0.3) is 0 Å². The van der Waals surface area contributed by atoms with Crippen molar-refractivity contribution in [2.24, 2.45) is 0 Å². The largest absolute Gasteiger partial charge is 0.462 e. The number of aliphatic hydroxyl groups excluding tert-OH is 1. The molecule has 90 heavy (non-hydrogen) atoms. The minimum absolute atomic E-state index is 0.0672. The lowest BCUT2D eigenvalue weighted by Crippen LogP contribution is -2.28. The van der Waals surface area contributed by atoms with Crippen LogP contribution < -0.4 is 0 Å². The number of aliphatic hydroxyl groups is 1. The maximum atomic E-state index is 12.4. The molecule has 0 aromatic heterocycles. The first-order chi connectivity index (χ1) is 44.6. The van der Waals surface area contributed by atoms with Crippen molar-refractivity contribution in [1.29, 1.82) is 0 Å². The molecule has 0 radical (unpaired) electrons. The second-order valence-electron chi connectivity index (χ2n) is 25.7. The molecule has 0 bridgehead atoms. The number of unbranched alkanes of at least 4 members (excludes halogenated alkanes) is 41. The maximum absolute atomic E-state index is 12.4. The fraction of sp³-hybridized carbons (Fsp3) is 0.718. The summed E-state index contributed by atoms with van der Waals surface area (Å²) in [7, 11) is 0. The number of rotatable bonds is 71. The summed E-state index contributed by atoms with van der Waals surface area (Å²) in [6.45, 7) is 4.05. The van der Waals surface area contributed by atoms with Gasteiger partial charge in [-0.2, -0.15) is 0 Å². The number of carbonyl (C=O) groups excluding carboxylic acids is 2. The topological polar surface area (TPSA) is 72.8 Å². The van der Waals surface area contributed by atoms with E-state index in [1.54, 1.807) is 0 Å². The lowest BCUT2D eigenvalue weighted by atomic mass is 10.0. The van der Waals surface area contributed by atoms with Gasteiger partial charge in [0.15, 0.2) is 6.10 Å². The van der Waals surface area contributed by atoms with Crippen molar-refractivity contribution in [3.05, 3.63) is 134 Å². The van der Waals surface area contributed by atoms with E-state index >= 15 is 0 Å². The van der Waals surface area contributed by atoms with Gasteiger partial charge >= 0.3 is 11.9 Å². The van der Waals surface area contributed by atoms with Gasteiger partial charge in [0.2, 0.25) is 0 Å². The van der Waals surface area contributed by atoms with Crippen LogP contribution in [0.2, 0.25) is 0 Å². The Morgan fingerprint density at radius 3 is 0.722 bits per heavy atom. The Hall–Kier alpha value is -3.96. The van der Waals surface area contributed by atoms with E-state index in [0.717, 1.165) is 103 Å². The second-order valence-corrected chi connectivity index (χ2v) is 25.7. The van der Waals surface area contributed by atoms with E-state index in [-0.39, 0.29) is 25.2 Å². The van der Waals surface area contributed by atoms with Gasteiger partial charge in [0.25, 0.3) is 0 Å². The molecule has 0 aliphatic rings. The number of esters is 2. The highest BCUT2D eigenvalue weighted by atomic mass is 16.6. The molecule has 0 saturated carbocycles. The minimum Gasteiger partial charge on any atom is -0.462 e. The molecule has 0 amide bonds. The Balaban J connectivity index is 3.46. The number of hydrogen-bond acceptors (Lipinski definition) is 5. The van der Waals surface area contributed by atoms with Gasteiger partial charge in [-0.1, -0.05) is 379 Å². The average Bonchev–Trinajstić information content (AvgIpc) is 3.59. The molecule has 0 aromatic carbocycles. The third-order valence-electron chi connectivity index (χ3n) is 16.9. The van der Waals surface area contributed by atoms with Crippen LogP contribution in [-0.4, -0.2) is 36.4 Å². The van der Waals surface area contributed by atoms with E-state index < -0.39 is 6.10 Å². The molecule has 0 fully saturated rings. The van der Waals surface area contributed by atoms with Crippen molar-refractivity contribution < 1.29 is 24.2 Å². The third-order valence-corrected chi connectivity index (χ3v) is 16.9. The summed E-state index contributed by atoms with van der Waals surface area (Å²) in [5, 5.41) is 9.73. The molecule has 0 aliphatic carbocycles. The van der Waals surface area contributed by atoms with Crippen LogP contribution in [0.15, 0.2) is 134 Å². The first kappa shape index (κ1) is 86.0. The molecule has 516 valence electrons. The summed E-state index contributed by atoms with van der Waals surface area (Å²) in [4.78, 5) is 24.7.